The number of rotatable bonds is 5. The third-order valence-electron chi connectivity index (χ3n) is 7.74. The molecule has 3 aliphatic rings. The first kappa shape index (κ1) is 21.5. The molecule has 1 spiro atoms. The molecule has 2 saturated heterocycles. The molecule has 0 radical (unpaired) electrons. The molecular formula is C25H30N8OS. The Bertz CT molecular complexity index is 1350. The minimum atomic E-state index is 0.0836. The van der Waals surface area contributed by atoms with Crippen LogP contribution in [-0.4, -0.2) is 79.5 Å². The van der Waals surface area contributed by atoms with Crippen LogP contribution in [0.25, 0.3) is 32.9 Å². The fourth-order valence-electron chi connectivity index (χ4n) is 5.39. The summed E-state index contributed by atoms with van der Waals surface area (Å²) < 4.78 is 8.11. The molecule has 2 aliphatic heterocycles. The number of aromatic nitrogens is 6. The first-order valence-electron chi connectivity index (χ1n) is 12.7. The summed E-state index contributed by atoms with van der Waals surface area (Å²) in [6.07, 6.45) is 14.5. The Kier molecular flexibility index (Phi) is 5.14. The van der Waals surface area contributed by atoms with E-state index in [4.69, 9.17) is 19.8 Å². The minimum Gasteiger partial charge on any atom is -0.371 e. The number of H-pyrrole nitrogens is 1. The lowest BCUT2D eigenvalue weighted by molar-refractivity contribution is 0.0206. The molecule has 182 valence electrons. The molecule has 0 bridgehead atoms. The molecule has 10 heteroatoms. The van der Waals surface area contributed by atoms with Crippen molar-refractivity contribution in [3.8, 4) is 21.7 Å². The zero-order valence-corrected chi connectivity index (χ0v) is 20.8. The highest BCUT2D eigenvalue weighted by Gasteiger charge is 2.47. The van der Waals surface area contributed by atoms with Crippen LogP contribution in [0, 0.1) is 0 Å². The lowest BCUT2D eigenvalue weighted by atomic mass is 10.1. The maximum Gasteiger partial charge on any atom is 0.186 e. The van der Waals surface area contributed by atoms with E-state index in [2.05, 4.69) is 37.6 Å². The Morgan fingerprint density at radius 2 is 2.03 bits per heavy atom. The quantitative estimate of drug-likeness (QED) is 0.453. The zero-order valence-electron chi connectivity index (χ0n) is 20.0. The van der Waals surface area contributed by atoms with Gasteiger partial charge < -0.3 is 19.5 Å². The van der Waals surface area contributed by atoms with Gasteiger partial charge in [-0.3, -0.25) is 4.68 Å². The summed E-state index contributed by atoms with van der Waals surface area (Å²) in [5.74, 6) is 0. The van der Waals surface area contributed by atoms with Gasteiger partial charge in [0, 0.05) is 55.9 Å². The van der Waals surface area contributed by atoms with Gasteiger partial charge in [0.15, 0.2) is 10.8 Å². The van der Waals surface area contributed by atoms with E-state index in [1.165, 1.54) is 0 Å². The highest BCUT2D eigenvalue weighted by Crippen LogP contribution is 2.44. The molecular weight excluding hydrogens is 460 g/mol. The average Bonchev–Trinajstić information content (AvgIpc) is 3.34. The van der Waals surface area contributed by atoms with Gasteiger partial charge in [0.05, 0.1) is 35.5 Å². The standard InChI is InChI=1S/C25H30N8OS/c1-2-31-7-3-18(4-8-31)33-15-17(11-29-33)19-12-26-23-22(19)30-20(13-27-23)21-14-28-24(35-21)32-9-10-34-25(16-32)5-6-25/h11-15,18H,2-10,16H2,1H3,(H,26,27). The number of hydrogen-bond acceptors (Lipinski definition) is 8. The number of piperidine rings is 1. The van der Waals surface area contributed by atoms with Crippen molar-refractivity contribution in [2.45, 2.75) is 44.2 Å². The van der Waals surface area contributed by atoms with E-state index in [1.54, 1.807) is 11.3 Å². The van der Waals surface area contributed by atoms with Gasteiger partial charge in [-0.2, -0.15) is 5.10 Å². The molecule has 0 amide bonds. The molecule has 4 aromatic heterocycles. The number of hydrogen-bond donors (Lipinski definition) is 1. The van der Waals surface area contributed by atoms with Crippen molar-refractivity contribution in [3.63, 3.8) is 0 Å². The fraction of sp³-hybridized carbons (Fsp3) is 0.520. The van der Waals surface area contributed by atoms with E-state index >= 15 is 0 Å². The molecule has 0 atom stereocenters. The van der Waals surface area contributed by atoms with Crippen LogP contribution >= 0.6 is 11.3 Å². The van der Waals surface area contributed by atoms with Crippen molar-refractivity contribution in [2.75, 3.05) is 44.2 Å². The van der Waals surface area contributed by atoms with Crippen LogP contribution in [-0.2, 0) is 4.74 Å². The average molecular weight is 491 g/mol. The van der Waals surface area contributed by atoms with Gasteiger partial charge in [-0.1, -0.05) is 18.3 Å². The normalized spacial score (nSPS) is 20.8. The van der Waals surface area contributed by atoms with Gasteiger partial charge in [-0.25, -0.2) is 15.0 Å². The van der Waals surface area contributed by atoms with Crippen molar-refractivity contribution in [1.82, 2.24) is 34.6 Å². The maximum atomic E-state index is 5.96. The van der Waals surface area contributed by atoms with E-state index in [0.717, 1.165) is 103 Å². The summed E-state index contributed by atoms with van der Waals surface area (Å²) in [5, 5.41) is 5.76. The molecule has 1 saturated carbocycles. The van der Waals surface area contributed by atoms with Crippen LogP contribution in [0.5, 0.6) is 0 Å². The fourth-order valence-corrected chi connectivity index (χ4v) is 6.28. The Balaban J connectivity index is 1.14. The number of fused-ring (bicyclic) bond motifs is 1. The summed E-state index contributed by atoms with van der Waals surface area (Å²) in [4.78, 5) is 23.6. The second-order valence-corrected chi connectivity index (χ2v) is 11.0. The van der Waals surface area contributed by atoms with Gasteiger partial charge in [0.25, 0.3) is 0 Å². The van der Waals surface area contributed by atoms with Gasteiger partial charge in [-0.15, -0.1) is 0 Å². The summed E-state index contributed by atoms with van der Waals surface area (Å²) >= 11 is 1.68. The molecule has 3 fully saturated rings. The number of aromatic amines is 1. The van der Waals surface area contributed by atoms with E-state index in [-0.39, 0.29) is 5.60 Å². The summed E-state index contributed by atoms with van der Waals surface area (Å²) in [6, 6.07) is 0.462. The van der Waals surface area contributed by atoms with E-state index < -0.39 is 0 Å². The van der Waals surface area contributed by atoms with Crippen molar-refractivity contribution >= 4 is 27.6 Å². The van der Waals surface area contributed by atoms with Crippen LogP contribution < -0.4 is 4.90 Å². The molecule has 9 nitrogen and oxygen atoms in total. The van der Waals surface area contributed by atoms with Gasteiger partial charge in [-0.05, 0) is 32.2 Å². The molecule has 0 aromatic carbocycles. The highest BCUT2D eigenvalue weighted by molar-refractivity contribution is 7.18. The smallest absolute Gasteiger partial charge is 0.186 e. The Hall–Kier alpha value is -2.82. The van der Waals surface area contributed by atoms with Gasteiger partial charge >= 0.3 is 0 Å². The molecule has 1 aliphatic carbocycles. The largest absolute Gasteiger partial charge is 0.371 e. The zero-order chi connectivity index (χ0) is 23.4. The van der Waals surface area contributed by atoms with Crippen LogP contribution in [0.1, 0.15) is 38.6 Å². The second kappa shape index (κ2) is 8.39. The maximum absolute atomic E-state index is 5.96. The number of morpholine rings is 1. The number of ether oxygens (including phenoxy) is 1. The van der Waals surface area contributed by atoms with Crippen molar-refractivity contribution in [3.05, 3.63) is 31.0 Å². The third-order valence-corrected chi connectivity index (χ3v) is 8.83. The molecule has 6 heterocycles. The topological polar surface area (TPSA) is 88.0 Å². The van der Waals surface area contributed by atoms with Crippen LogP contribution in [0.15, 0.2) is 31.0 Å². The molecule has 4 aromatic rings. The molecule has 1 N–H and O–H groups in total. The SMILES string of the molecule is CCN1CCC(n2cc(-c3c[nH]c4ncc(-c5cnc(N6CCOC7(CC7)C6)s5)nc34)cn2)CC1. The summed E-state index contributed by atoms with van der Waals surface area (Å²) in [6.45, 7) is 8.25. The minimum absolute atomic E-state index is 0.0836. The molecule has 7 rings (SSSR count). The number of likely N-dealkylation sites (tertiary alicyclic amines) is 1. The Morgan fingerprint density at radius 1 is 1.14 bits per heavy atom. The van der Waals surface area contributed by atoms with Crippen LogP contribution in [0.3, 0.4) is 0 Å². The lowest BCUT2D eigenvalue weighted by Crippen LogP contribution is -2.43. The number of thiazole rings is 1. The Labute approximate surface area is 208 Å². The lowest BCUT2D eigenvalue weighted by Gasteiger charge is -2.32. The highest BCUT2D eigenvalue weighted by atomic mass is 32.1. The van der Waals surface area contributed by atoms with Crippen LogP contribution in [0.2, 0.25) is 0 Å². The number of nitrogens with zero attached hydrogens (tertiary/aromatic N) is 7. The second-order valence-electron chi connectivity index (χ2n) is 9.99. The first-order chi connectivity index (χ1) is 17.2. The van der Waals surface area contributed by atoms with Crippen LogP contribution in [0.4, 0.5) is 5.13 Å². The number of anilines is 1. The van der Waals surface area contributed by atoms with E-state index in [1.807, 2.05) is 24.8 Å². The predicted octanol–water partition coefficient (Wildman–Crippen LogP) is 3.97. The first-order valence-corrected chi connectivity index (χ1v) is 13.5. The molecule has 0 unspecified atom stereocenters. The van der Waals surface area contributed by atoms with Crippen molar-refractivity contribution < 1.29 is 4.74 Å². The van der Waals surface area contributed by atoms with Gasteiger partial charge in [0.1, 0.15) is 11.2 Å². The monoisotopic (exact) mass is 490 g/mol. The third kappa shape index (κ3) is 3.93. The molecule has 35 heavy (non-hydrogen) atoms. The van der Waals surface area contributed by atoms with Crippen molar-refractivity contribution in [2.24, 2.45) is 0 Å². The van der Waals surface area contributed by atoms with E-state index in [9.17, 15) is 0 Å². The summed E-state index contributed by atoms with van der Waals surface area (Å²) in [7, 11) is 0. The predicted molar refractivity (Wildman–Crippen MR) is 137 cm³/mol. The van der Waals surface area contributed by atoms with Crippen molar-refractivity contribution in [1.29, 1.82) is 0 Å². The Morgan fingerprint density at radius 3 is 2.86 bits per heavy atom. The van der Waals surface area contributed by atoms with E-state index in [0.29, 0.717) is 6.04 Å². The van der Waals surface area contributed by atoms with Gasteiger partial charge in [0.2, 0.25) is 0 Å². The number of nitrogens with one attached hydrogen (secondary N) is 1. The summed E-state index contributed by atoms with van der Waals surface area (Å²) in [5.41, 5.74) is 4.73.